The van der Waals surface area contributed by atoms with Gasteiger partial charge in [-0.3, -0.25) is 11.3 Å². The third-order valence-electron chi connectivity index (χ3n) is 3.08. The van der Waals surface area contributed by atoms with E-state index in [9.17, 15) is 0 Å². The first kappa shape index (κ1) is 13.9. The number of nitrogens with two attached hydrogens (primary N) is 1. The summed E-state index contributed by atoms with van der Waals surface area (Å²) in [6.07, 6.45) is 7.88. The van der Waals surface area contributed by atoms with Gasteiger partial charge in [0.05, 0.1) is 0 Å². The summed E-state index contributed by atoms with van der Waals surface area (Å²) in [6.45, 7) is 5.83. The molecule has 0 saturated heterocycles. The van der Waals surface area contributed by atoms with Gasteiger partial charge in [0.15, 0.2) is 0 Å². The van der Waals surface area contributed by atoms with Crippen LogP contribution in [-0.2, 0) is 0 Å². The molecule has 1 atom stereocenters. The van der Waals surface area contributed by atoms with Gasteiger partial charge >= 0.3 is 0 Å². The average Bonchev–Trinajstić information content (AvgIpc) is 2.35. The summed E-state index contributed by atoms with van der Waals surface area (Å²) in [4.78, 5) is 0. The summed E-state index contributed by atoms with van der Waals surface area (Å²) in [6, 6.07) is 8.86. The molecule has 0 spiro atoms. The van der Waals surface area contributed by atoms with E-state index >= 15 is 0 Å². The van der Waals surface area contributed by atoms with E-state index in [1.54, 1.807) is 0 Å². The van der Waals surface area contributed by atoms with E-state index in [4.69, 9.17) is 5.84 Å². The third-order valence-corrected chi connectivity index (χ3v) is 3.08. The highest BCUT2D eigenvalue weighted by Gasteiger charge is 2.08. The molecule has 0 aliphatic carbocycles. The molecule has 0 heterocycles. The standard InChI is InChI=1S/C15H24N2/c1-3-4-5-6-7-8-15(17-16)14-11-9-13(2)10-12-14/h3,9-12,15,17H,1,4-8,16H2,2H3. The second kappa shape index (κ2) is 8.04. The van der Waals surface area contributed by atoms with Gasteiger partial charge in [0.1, 0.15) is 0 Å². The van der Waals surface area contributed by atoms with Crippen molar-refractivity contribution < 1.29 is 0 Å². The van der Waals surface area contributed by atoms with Gasteiger partial charge in [-0.2, -0.15) is 0 Å². The minimum atomic E-state index is 0.277. The van der Waals surface area contributed by atoms with Crippen LogP contribution in [0.2, 0.25) is 0 Å². The largest absolute Gasteiger partial charge is 0.271 e. The molecule has 17 heavy (non-hydrogen) atoms. The van der Waals surface area contributed by atoms with Crippen molar-refractivity contribution in [2.24, 2.45) is 5.84 Å². The molecule has 0 aliphatic heterocycles. The first-order valence-electron chi connectivity index (χ1n) is 6.41. The molecule has 2 nitrogen and oxygen atoms in total. The van der Waals surface area contributed by atoms with Gasteiger partial charge in [0.2, 0.25) is 0 Å². The Hall–Kier alpha value is -1.12. The van der Waals surface area contributed by atoms with Crippen LogP contribution in [0, 0.1) is 6.92 Å². The molecule has 1 aromatic carbocycles. The molecule has 1 rings (SSSR count). The Kier molecular flexibility index (Phi) is 6.60. The maximum absolute atomic E-state index is 5.62. The van der Waals surface area contributed by atoms with Crippen molar-refractivity contribution >= 4 is 0 Å². The normalized spacial score (nSPS) is 12.4. The van der Waals surface area contributed by atoms with Crippen LogP contribution in [0.4, 0.5) is 0 Å². The second-order valence-corrected chi connectivity index (χ2v) is 4.56. The van der Waals surface area contributed by atoms with E-state index in [-0.39, 0.29) is 6.04 Å². The number of hydrogen-bond acceptors (Lipinski definition) is 2. The molecule has 0 radical (unpaired) electrons. The number of rotatable bonds is 8. The van der Waals surface area contributed by atoms with Crippen molar-refractivity contribution in [2.45, 2.75) is 45.1 Å². The lowest BCUT2D eigenvalue weighted by molar-refractivity contribution is 0.484. The van der Waals surface area contributed by atoms with Crippen LogP contribution in [0.1, 0.15) is 49.3 Å². The van der Waals surface area contributed by atoms with Gasteiger partial charge in [-0.15, -0.1) is 6.58 Å². The van der Waals surface area contributed by atoms with Crippen LogP contribution in [-0.4, -0.2) is 0 Å². The topological polar surface area (TPSA) is 38.0 Å². The fraction of sp³-hybridized carbons (Fsp3) is 0.467. The van der Waals surface area contributed by atoms with Crippen molar-refractivity contribution in [3.05, 3.63) is 48.0 Å². The number of hydrogen-bond donors (Lipinski definition) is 2. The Balaban J connectivity index is 2.37. The zero-order valence-electron chi connectivity index (χ0n) is 10.8. The van der Waals surface area contributed by atoms with Gasteiger partial charge in [-0.25, -0.2) is 0 Å². The van der Waals surface area contributed by atoms with Gasteiger partial charge < -0.3 is 0 Å². The molecule has 0 bridgehead atoms. The minimum Gasteiger partial charge on any atom is -0.271 e. The van der Waals surface area contributed by atoms with Crippen molar-refractivity contribution in [2.75, 3.05) is 0 Å². The number of allylic oxidation sites excluding steroid dienone is 1. The van der Waals surface area contributed by atoms with Crippen molar-refractivity contribution in [3.8, 4) is 0 Å². The fourth-order valence-electron chi connectivity index (χ4n) is 1.96. The van der Waals surface area contributed by atoms with Gasteiger partial charge in [-0.1, -0.05) is 48.7 Å². The fourth-order valence-corrected chi connectivity index (χ4v) is 1.96. The van der Waals surface area contributed by atoms with E-state index < -0.39 is 0 Å². The zero-order valence-corrected chi connectivity index (χ0v) is 10.8. The molecule has 0 aromatic heterocycles. The number of nitrogens with one attached hydrogen (secondary N) is 1. The zero-order chi connectivity index (χ0) is 12.5. The van der Waals surface area contributed by atoms with Crippen molar-refractivity contribution in [3.63, 3.8) is 0 Å². The number of hydrazine groups is 1. The third kappa shape index (κ3) is 5.16. The van der Waals surface area contributed by atoms with E-state index in [2.05, 4.69) is 43.2 Å². The lowest BCUT2D eigenvalue weighted by Gasteiger charge is -2.16. The molecule has 0 saturated carbocycles. The van der Waals surface area contributed by atoms with Crippen LogP contribution in [0.25, 0.3) is 0 Å². The Morgan fingerprint density at radius 3 is 2.53 bits per heavy atom. The quantitative estimate of drug-likeness (QED) is 0.311. The second-order valence-electron chi connectivity index (χ2n) is 4.56. The summed E-state index contributed by atoms with van der Waals surface area (Å²) >= 11 is 0. The molecule has 0 aliphatic rings. The summed E-state index contributed by atoms with van der Waals surface area (Å²) in [5.74, 6) is 5.62. The predicted octanol–water partition coefficient (Wildman–Crippen LogP) is 3.64. The smallest absolute Gasteiger partial charge is 0.0460 e. The molecule has 2 heteroatoms. The summed E-state index contributed by atoms with van der Waals surface area (Å²) in [7, 11) is 0. The van der Waals surface area contributed by atoms with E-state index in [0.717, 1.165) is 12.8 Å². The highest BCUT2D eigenvalue weighted by molar-refractivity contribution is 5.23. The molecular formula is C15H24N2. The Morgan fingerprint density at radius 2 is 1.94 bits per heavy atom. The maximum Gasteiger partial charge on any atom is 0.0460 e. The molecule has 94 valence electrons. The summed E-state index contributed by atoms with van der Waals surface area (Å²) < 4.78 is 0. The number of unbranched alkanes of at least 4 members (excludes halogenated alkanes) is 3. The van der Waals surface area contributed by atoms with Crippen molar-refractivity contribution in [1.29, 1.82) is 0 Å². The highest BCUT2D eigenvalue weighted by atomic mass is 15.2. The molecule has 0 amide bonds. The van der Waals surface area contributed by atoms with Crippen LogP contribution in [0.3, 0.4) is 0 Å². The SMILES string of the molecule is C=CCCCCCC(NN)c1ccc(C)cc1. The van der Waals surface area contributed by atoms with E-state index in [0.29, 0.717) is 0 Å². The molecule has 1 aromatic rings. The van der Waals surface area contributed by atoms with Crippen LogP contribution < -0.4 is 11.3 Å². The highest BCUT2D eigenvalue weighted by Crippen LogP contribution is 2.19. The van der Waals surface area contributed by atoms with Crippen molar-refractivity contribution in [1.82, 2.24) is 5.43 Å². The first-order chi connectivity index (χ1) is 8.27. The number of benzene rings is 1. The lowest BCUT2D eigenvalue weighted by Crippen LogP contribution is -2.27. The number of aryl methyl sites for hydroxylation is 1. The molecular weight excluding hydrogens is 208 g/mol. The predicted molar refractivity (Wildman–Crippen MR) is 74.5 cm³/mol. The lowest BCUT2D eigenvalue weighted by atomic mass is 9.99. The van der Waals surface area contributed by atoms with Crippen LogP contribution in [0.5, 0.6) is 0 Å². The Bertz CT molecular complexity index is 316. The average molecular weight is 232 g/mol. The molecule has 0 fully saturated rings. The van der Waals surface area contributed by atoms with E-state index in [1.807, 2.05) is 6.08 Å². The van der Waals surface area contributed by atoms with Gasteiger partial charge in [0.25, 0.3) is 0 Å². The summed E-state index contributed by atoms with van der Waals surface area (Å²) in [5, 5.41) is 0. The van der Waals surface area contributed by atoms with Crippen LogP contribution >= 0.6 is 0 Å². The van der Waals surface area contributed by atoms with Gasteiger partial charge in [0, 0.05) is 6.04 Å². The van der Waals surface area contributed by atoms with Crippen LogP contribution in [0.15, 0.2) is 36.9 Å². The molecule has 1 unspecified atom stereocenters. The molecule has 3 N–H and O–H groups in total. The minimum absolute atomic E-state index is 0.277. The maximum atomic E-state index is 5.62. The first-order valence-corrected chi connectivity index (χ1v) is 6.41. The monoisotopic (exact) mass is 232 g/mol. The summed E-state index contributed by atoms with van der Waals surface area (Å²) in [5.41, 5.74) is 5.48. The Labute approximate surface area is 105 Å². The van der Waals surface area contributed by atoms with Gasteiger partial charge in [-0.05, 0) is 31.7 Å². The van der Waals surface area contributed by atoms with E-state index in [1.165, 1.54) is 30.4 Å². The Morgan fingerprint density at radius 1 is 1.24 bits per heavy atom.